The first-order valence-corrected chi connectivity index (χ1v) is 7.22. The highest BCUT2D eigenvalue weighted by atomic mass is 16.2. The van der Waals surface area contributed by atoms with E-state index in [1.165, 1.54) is 11.3 Å². The molecular weight excluding hydrogens is 236 g/mol. The summed E-state index contributed by atoms with van der Waals surface area (Å²) in [6.45, 7) is 7.10. The fourth-order valence-corrected chi connectivity index (χ4v) is 2.45. The predicted octanol–water partition coefficient (Wildman–Crippen LogP) is 2.97. The number of amides is 1. The van der Waals surface area contributed by atoms with Crippen LogP contribution in [0.2, 0.25) is 0 Å². The maximum absolute atomic E-state index is 12.4. The Hall–Kier alpha value is -1.51. The number of benzene rings is 1. The monoisotopic (exact) mass is 260 g/mol. The van der Waals surface area contributed by atoms with Crippen LogP contribution in [0.5, 0.6) is 0 Å². The second-order valence-corrected chi connectivity index (χ2v) is 5.70. The Balaban J connectivity index is 2.03. The third-order valence-electron chi connectivity index (χ3n) is 4.38. The minimum Gasteiger partial charge on any atom is -0.384 e. The SMILES string of the molecule is CCC(C)(CC)NC(=O)C1CNc2ccccc2C1. The number of carbonyl (C=O) groups excluding carboxylic acids is 1. The topological polar surface area (TPSA) is 41.1 Å². The smallest absolute Gasteiger partial charge is 0.225 e. The Kier molecular flexibility index (Phi) is 4.13. The van der Waals surface area contributed by atoms with Crippen LogP contribution >= 0.6 is 0 Å². The van der Waals surface area contributed by atoms with Gasteiger partial charge in [0.2, 0.25) is 5.91 Å². The maximum atomic E-state index is 12.4. The molecule has 0 fully saturated rings. The molecule has 104 valence electrons. The first-order chi connectivity index (χ1) is 9.08. The molecule has 0 saturated heterocycles. The molecule has 1 atom stereocenters. The van der Waals surface area contributed by atoms with Crippen molar-refractivity contribution in [3.05, 3.63) is 29.8 Å². The van der Waals surface area contributed by atoms with Crippen LogP contribution in [0.4, 0.5) is 5.69 Å². The van der Waals surface area contributed by atoms with Gasteiger partial charge in [-0.25, -0.2) is 0 Å². The third-order valence-corrected chi connectivity index (χ3v) is 4.38. The number of fused-ring (bicyclic) bond motifs is 1. The highest BCUT2D eigenvalue weighted by Crippen LogP contribution is 2.25. The van der Waals surface area contributed by atoms with Gasteiger partial charge in [-0.3, -0.25) is 4.79 Å². The number of anilines is 1. The van der Waals surface area contributed by atoms with E-state index >= 15 is 0 Å². The molecule has 0 saturated carbocycles. The zero-order valence-corrected chi connectivity index (χ0v) is 12.1. The summed E-state index contributed by atoms with van der Waals surface area (Å²) in [5, 5.41) is 6.57. The van der Waals surface area contributed by atoms with Crippen LogP contribution in [0.25, 0.3) is 0 Å². The molecule has 0 bridgehead atoms. The molecule has 1 amide bonds. The van der Waals surface area contributed by atoms with Crippen molar-refractivity contribution < 1.29 is 4.79 Å². The highest BCUT2D eigenvalue weighted by Gasteiger charge is 2.29. The van der Waals surface area contributed by atoms with E-state index < -0.39 is 0 Å². The first kappa shape index (κ1) is 13.9. The molecule has 1 aromatic carbocycles. The van der Waals surface area contributed by atoms with Gasteiger partial charge >= 0.3 is 0 Å². The molecule has 0 radical (unpaired) electrons. The molecule has 0 aromatic heterocycles. The average molecular weight is 260 g/mol. The number of para-hydroxylation sites is 1. The molecule has 1 heterocycles. The molecule has 0 spiro atoms. The molecule has 1 aliphatic rings. The lowest BCUT2D eigenvalue weighted by atomic mass is 9.90. The Morgan fingerprint density at radius 3 is 2.74 bits per heavy atom. The highest BCUT2D eigenvalue weighted by molar-refractivity contribution is 5.81. The van der Waals surface area contributed by atoms with Crippen LogP contribution in [0.1, 0.15) is 39.2 Å². The lowest BCUT2D eigenvalue weighted by molar-refractivity contribution is -0.126. The molecule has 3 nitrogen and oxygen atoms in total. The van der Waals surface area contributed by atoms with Crippen molar-refractivity contribution in [3.63, 3.8) is 0 Å². The molecule has 2 rings (SSSR count). The number of hydrogen-bond acceptors (Lipinski definition) is 2. The minimum absolute atomic E-state index is 0.0346. The zero-order chi connectivity index (χ0) is 13.9. The van der Waals surface area contributed by atoms with E-state index in [-0.39, 0.29) is 17.4 Å². The van der Waals surface area contributed by atoms with E-state index in [0.717, 1.165) is 25.8 Å². The van der Waals surface area contributed by atoms with Crippen molar-refractivity contribution in [1.82, 2.24) is 5.32 Å². The third kappa shape index (κ3) is 3.09. The van der Waals surface area contributed by atoms with Gasteiger partial charge in [0.15, 0.2) is 0 Å². The molecule has 3 heteroatoms. The van der Waals surface area contributed by atoms with E-state index in [4.69, 9.17) is 0 Å². The Morgan fingerprint density at radius 2 is 2.05 bits per heavy atom. The zero-order valence-electron chi connectivity index (χ0n) is 12.1. The Bertz CT molecular complexity index is 452. The summed E-state index contributed by atoms with van der Waals surface area (Å²) in [6.07, 6.45) is 2.76. The normalized spacial score (nSPS) is 18.4. The molecule has 0 aliphatic carbocycles. The van der Waals surface area contributed by atoms with Crippen LogP contribution in [-0.4, -0.2) is 18.0 Å². The van der Waals surface area contributed by atoms with Crippen molar-refractivity contribution >= 4 is 11.6 Å². The summed E-state index contributed by atoms with van der Waals surface area (Å²) in [5.41, 5.74) is 2.33. The van der Waals surface area contributed by atoms with Gasteiger partial charge in [0.25, 0.3) is 0 Å². The van der Waals surface area contributed by atoms with Crippen molar-refractivity contribution in [2.24, 2.45) is 5.92 Å². The number of nitrogens with one attached hydrogen (secondary N) is 2. The fourth-order valence-electron chi connectivity index (χ4n) is 2.45. The van der Waals surface area contributed by atoms with Gasteiger partial charge in [0.05, 0.1) is 5.92 Å². The van der Waals surface area contributed by atoms with Crippen LogP contribution in [-0.2, 0) is 11.2 Å². The summed E-state index contributed by atoms with van der Waals surface area (Å²) in [6, 6.07) is 8.23. The summed E-state index contributed by atoms with van der Waals surface area (Å²) in [7, 11) is 0. The van der Waals surface area contributed by atoms with Gasteiger partial charge in [-0.05, 0) is 37.8 Å². The van der Waals surface area contributed by atoms with E-state index in [0.29, 0.717) is 0 Å². The molecule has 1 unspecified atom stereocenters. The molecule has 1 aliphatic heterocycles. The second-order valence-electron chi connectivity index (χ2n) is 5.70. The van der Waals surface area contributed by atoms with Crippen LogP contribution in [0.3, 0.4) is 0 Å². The Morgan fingerprint density at radius 1 is 1.37 bits per heavy atom. The van der Waals surface area contributed by atoms with E-state index in [1.807, 2.05) is 12.1 Å². The van der Waals surface area contributed by atoms with Crippen molar-refractivity contribution in [2.45, 2.75) is 45.6 Å². The first-order valence-electron chi connectivity index (χ1n) is 7.22. The predicted molar refractivity (Wildman–Crippen MR) is 79.3 cm³/mol. The van der Waals surface area contributed by atoms with Crippen LogP contribution in [0, 0.1) is 5.92 Å². The van der Waals surface area contributed by atoms with Gasteiger partial charge in [-0.1, -0.05) is 32.0 Å². The van der Waals surface area contributed by atoms with Gasteiger partial charge in [-0.2, -0.15) is 0 Å². The fraction of sp³-hybridized carbons (Fsp3) is 0.562. The van der Waals surface area contributed by atoms with Crippen molar-refractivity contribution in [1.29, 1.82) is 0 Å². The van der Waals surface area contributed by atoms with Gasteiger partial charge in [0.1, 0.15) is 0 Å². The van der Waals surface area contributed by atoms with Gasteiger partial charge in [0, 0.05) is 17.8 Å². The lowest BCUT2D eigenvalue weighted by Gasteiger charge is -2.32. The van der Waals surface area contributed by atoms with Crippen molar-refractivity contribution in [3.8, 4) is 0 Å². The standard InChI is InChI=1S/C16H24N2O/c1-4-16(3,5-2)18-15(19)13-10-12-8-6-7-9-14(12)17-11-13/h6-9,13,17H,4-5,10-11H2,1-3H3,(H,18,19). The average Bonchev–Trinajstić information content (AvgIpc) is 2.46. The second kappa shape index (κ2) is 5.64. The van der Waals surface area contributed by atoms with Gasteiger partial charge < -0.3 is 10.6 Å². The maximum Gasteiger partial charge on any atom is 0.225 e. The van der Waals surface area contributed by atoms with Crippen molar-refractivity contribution in [2.75, 3.05) is 11.9 Å². The van der Waals surface area contributed by atoms with Crippen LogP contribution in [0.15, 0.2) is 24.3 Å². The molecular formula is C16H24N2O. The number of rotatable bonds is 4. The lowest BCUT2D eigenvalue weighted by Crippen LogP contribution is -2.49. The number of carbonyl (C=O) groups is 1. The molecule has 2 N–H and O–H groups in total. The molecule has 1 aromatic rings. The van der Waals surface area contributed by atoms with E-state index in [2.05, 4.69) is 43.5 Å². The molecule has 19 heavy (non-hydrogen) atoms. The summed E-state index contributed by atoms with van der Waals surface area (Å²) >= 11 is 0. The summed E-state index contributed by atoms with van der Waals surface area (Å²) < 4.78 is 0. The van der Waals surface area contributed by atoms with Gasteiger partial charge in [-0.15, -0.1) is 0 Å². The minimum atomic E-state index is -0.0753. The number of hydrogen-bond donors (Lipinski definition) is 2. The summed E-state index contributed by atoms with van der Waals surface area (Å²) in [5.74, 6) is 0.209. The Labute approximate surface area is 115 Å². The quantitative estimate of drug-likeness (QED) is 0.874. The van der Waals surface area contributed by atoms with E-state index in [1.54, 1.807) is 0 Å². The summed E-state index contributed by atoms with van der Waals surface area (Å²) in [4.78, 5) is 12.4. The van der Waals surface area contributed by atoms with Crippen LogP contribution < -0.4 is 10.6 Å². The van der Waals surface area contributed by atoms with E-state index in [9.17, 15) is 4.79 Å². The largest absolute Gasteiger partial charge is 0.384 e.